The van der Waals surface area contributed by atoms with E-state index in [4.69, 9.17) is 4.74 Å². The number of hydrogen-bond donors (Lipinski definition) is 1. The Bertz CT molecular complexity index is 656. The number of hydrogen-bond acceptors (Lipinski definition) is 3. The van der Waals surface area contributed by atoms with Crippen LogP contribution in [0.1, 0.15) is 17.2 Å². The molecule has 2 amide bonds. The Balaban J connectivity index is 1.94. The van der Waals surface area contributed by atoms with Gasteiger partial charge in [-0.25, -0.2) is 4.79 Å². The van der Waals surface area contributed by atoms with Crippen LogP contribution in [0.15, 0.2) is 54.6 Å². The maximum Gasteiger partial charge on any atom is 0.317 e. The largest absolute Gasteiger partial charge is 0.497 e. The van der Waals surface area contributed by atoms with Gasteiger partial charge in [-0.3, -0.25) is 0 Å². The normalized spacial score (nSPS) is 11.9. The molecule has 0 saturated carbocycles. The summed E-state index contributed by atoms with van der Waals surface area (Å²) in [6, 6.07) is 17.9. The van der Waals surface area contributed by atoms with Crippen molar-refractivity contribution in [2.24, 2.45) is 0 Å². The molecule has 0 bridgehead atoms. The number of ether oxygens (including phenoxy) is 1. The molecular weight excluding hydrogens is 314 g/mol. The first-order chi connectivity index (χ1) is 12.0. The summed E-state index contributed by atoms with van der Waals surface area (Å²) < 4.78 is 5.21. The molecule has 0 spiro atoms. The number of amides is 2. The van der Waals surface area contributed by atoms with Crippen molar-refractivity contribution in [1.82, 2.24) is 15.1 Å². The maximum absolute atomic E-state index is 12.4. The molecule has 0 heterocycles. The van der Waals surface area contributed by atoms with E-state index in [-0.39, 0.29) is 12.1 Å². The summed E-state index contributed by atoms with van der Waals surface area (Å²) >= 11 is 0. The third-order valence-electron chi connectivity index (χ3n) is 4.18. The van der Waals surface area contributed by atoms with Gasteiger partial charge in [0.15, 0.2) is 0 Å². The fourth-order valence-corrected chi connectivity index (χ4v) is 2.67. The lowest BCUT2D eigenvalue weighted by Gasteiger charge is -2.27. The van der Waals surface area contributed by atoms with Gasteiger partial charge in [-0.1, -0.05) is 42.5 Å². The Morgan fingerprint density at radius 1 is 1.04 bits per heavy atom. The van der Waals surface area contributed by atoms with E-state index in [9.17, 15) is 4.79 Å². The molecule has 0 saturated heterocycles. The van der Waals surface area contributed by atoms with E-state index < -0.39 is 0 Å². The zero-order chi connectivity index (χ0) is 18.2. The molecule has 1 N–H and O–H groups in total. The third kappa shape index (κ3) is 5.50. The lowest BCUT2D eigenvalue weighted by Crippen LogP contribution is -2.41. The number of methoxy groups -OCH3 is 1. The summed E-state index contributed by atoms with van der Waals surface area (Å²) in [7, 11) is 7.48. The fraction of sp³-hybridized carbons (Fsp3) is 0.350. The highest BCUT2D eigenvalue weighted by molar-refractivity contribution is 5.73. The number of rotatable bonds is 7. The molecule has 2 aromatic carbocycles. The molecule has 1 unspecified atom stereocenters. The molecule has 5 heteroatoms. The van der Waals surface area contributed by atoms with Gasteiger partial charge in [0.05, 0.1) is 13.2 Å². The molecule has 0 radical (unpaired) electrons. The molecule has 0 aliphatic heterocycles. The van der Waals surface area contributed by atoms with E-state index in [0.717, 1.165) is 16.9 Å². The number of urea groups is 1. The van der Waals surface area contributed by atoms with Crippen LogP contribution in [-0.2, 0) is 6.54 Å². The number of likely N-dealkylation sites (N-methyl/N-ethyl adjacent to an activating group) is 1. The molecule has 1 atom stereocenters. The summed E-state index contributed by atoms with van der Waals surface area (Å²) in [5, 5.41) is 3.03. The van der Waals surface area contributed by atoms with Crippen molar-refractivity contribution < 1.29 is 9.53 Å². The van der Waals surface area contributed by atoms with Crippen molar-refractivity contribution in [3.05, 3.63) is 65.7 Å². The maximum atomic E-state index is 12.4. The predicted octanol–water partition coefficient (Wildman–Crippen LogP) is 3.14. The topological polar surface area (TPSA) is 44.8 Å². The SMILES string of the molecule is COc1ccc(C(CNC(=O)N(C)Cc2ccccc2)N(C)C)cc1. The van der Waals surface area contributed by atoms with Crippen LogP contribution < -0.4 is 10.1 Å². The smallest absolute Gasteiger partial charge is 0.317 e. The summed E-state index contributed by atoms with van der Waals surface area (Å²) in [6.45, 7) is 1.12. The molecular formula is C20H27N3O2. The van der Waals surface area contributed by atoms with Gasteiger partial charge in [-0.15, -0.1) is 0 Å². The Kier molecular flexibility index (Phi) is 6.83. The summed E-state index contributed by atoms with van der Waals surface area (Å²) in [6.07, 6.45) is 0. The zero-order valence-electron chi connectivity index (χ0n) is 15.4. The molecule has 5 nitrogen and oxygen atoms in total. The number of carbonyl (C=O) groups is 1. The average Bonchev–Trinajstić information content (AvgIpc) is 2.62. The van der Waals surface area contributed by atoms with Crippen LogP contribution in [0.3, 0.4) is 0 Å². The van der Waals surface area contributed by atoms with E-state index in [2.05, 4.69) is 10.2 Å². The van der Waals surface area contributed by atoms with E-state index in [1.807, 2.05) is 68.7 Å². The van der Waals surface area contributed by atoms with Gasteiger partial charge in [0.2, 0.25) is 0 Å². The summed E-state index contributed by atoms with van der Waals surface area (Å²) in [5.74, 6) is 0.827. The molecule has 134 valence electrons. The van der Waals surface area contributed by atoms with Crippen LogP contribution >= 0.6 is 0 Å². The summed E-state index contributed by atoms with van der Waals surface area (Å²) in [4.78, 5) is 16.2. The Hall–Kier alpha value is -2.53. The highest BCUT2D eigenvalue weighted by Gasteiger charge is 2.17. The fourth-order valence-electron chi connectivity index (χ4n) is 2.67. The van der Waals surface area contributed by atoms with Crippen LogP contribution in [-0.4, -0.2) is 50.6 Å². The highest BCUT2D eigenvalue weighted by Crippen LogP contribution is 2.20. The quantitative estimate of drug-likeness (QED) is 0.841. The standard InChI is InChI=1S/C20H27N3O2/c1-22(2)19(17-10-12-18(25-4)13-11-17)14-21-20(24)23(3)15-16-8-6-5-7-9-16/h5-13,19H,14-15H2,1-4H3,(H,21,24). The van der Waals surface area contributed by atoms with Gasteiger partial charge in [0.25, 0.3) is 0 Å². The molecule has 2 aromatic rings. The van der Waals surface area contributed by atoms with Crippen LogP contribution in [0, 0.1) is 0 Å². The number of nitrogens with zero attached hydrogens (tertiary/aromatic N) is 2. The molecule has 0 fully saturated rings. The Labute approximate surface area is 150 Å². The molecule has 25 heavy (non-hydrogen) atoms. The molecule has 0 aromatic heterocycles. The number of carbonyl (C=O) groups excluding carboxylic acids is 1. The molecule has 0 aliphatic carbocycles. The van der Waals surface area contributed by atoms with Crippen LogP contribution in [0.2, 0.25) is 0 Å². The minimum absolute atomic E-state index is 0.0794. The second-order valence-corrected chi connectivity index (χ2v) is 6.28. The summed E-state index contributed by atoms with van der Waals surface area (Å²) in [5.41, 5.74) is 2.25. The van der Waals surface area contributed by atoms with Gasteiger partial charge in [-0.2, -0.15) is 0 Å². The van der Waals surface area contributed by atoms with Gasteiger partial charge < -0.3 is 19.9 Å². The van der Waals surface area contributed by atoms with Crippen LogP contribution in [0.5, 0.6) is 5.75 Å². The third-order valence-corrected chi connectivity index (χ3v) is 4.18. The van der Waals surface area contributed by atoms with Crippen molar-refractivity contribution in [3.8, 4) is 5.75 Å². The van der Waals surface area contributed by atoms with Crippen LogP contribution in [0.4, 0.5) is 4.79 Å². The van der Waals surface area contributed by atoms with Crippen molar-refractivity contribution in [1.29, 1.82) is 0 Å². The minimum atomic E-state index is -0.0794. The Morgan fingerprint density at radius 2 is 1.68 bits per heavy atom. The lowest BCUT2D eigenvalue weighted by molar-refractivity contribution is 0.200. The minimum Gasteiger partial charge on any atom is -0.497 e. The van der Waals surface area contributed by atoms with Crippen molar-refractivity contribution in [3.63, 3.8) is 0 Å². The monoisotopic (exact) mass is 341 g/mol. The second-order valence-electron chi connectivity index (χ2n) is 6.28. The molecule has 0 aliphatic rings. The van der Waals surface area contributed by atoms with Gasteiger partial charge >= 0.3 is 6.03 Å². The number of nitrogens with one attached hydrogen (secondary N) is 1. The van der Waals surface area contributed by atoms with E-state index in [0.29, 0.717) is 13.1 Å². The van der Waals surface area contributed by atoms with E-state index >= 15 is 0 Å². The first-order valence-corrected chi connectivity index (χ1v) is 8.34. The van der Waals surface area contributed by atoms with Gasteiger partial charge in [0.1, 0.15) is 5.75 Å². The highest BCUT2D eigenvalue weighted by atomic mass is 16.5. The van der Waals surface area contributed by atoms with E-state index in [1.54, 1.807) is 19.1 Å². The van der Waals surface area contributed by atoms with Gasteiger partial charge in [-0.05, 0) is 37.4 Å². The number of benzene rings is 2. The second kappa shape index (κ2) is 9.08. The average molecular weight is 341 g/mol. The lowest BCUT2D eigenvalue weighted by atomic mass is 10.1. The molecule has 2 rings (SSSR count). The first kappa shape index (κ1) is 18.8. The van der Waals surface area contributed by atoms with E-state index in [1.165, 1.54) is 0 Å². The van der Waals surface area contributed by atoms with Crippen molar-refractivity contribution >= 4 is 6.03 Å². The first-order valence-electron chi connectivity index (χ1n) is 8.34. The van der Waals surface area contributed by atoms with Crippen molar-refractivity contribution in [2.45, 2.75) is 12.6 Å². The van der Waals surface area contributed by atoms with Gasteiger partial charge in [0, 0.05) is 20.1 Å². The van der Waals surface area contributed by atoms with Crippen molar-refractivity contribution in [2.75, 3.05) is 34.8 Å². The Morgan fingerprint density at radius 3 is 2.24 bits per heavy atom. The zero-order valence-corrected chi connectivity index (χ0v) is 15.4. The van der Waals surface area contributed by atoms with Crippen LogP contribution in [0.25, 0.3) is 0 Å². The predicted molar refractivity (Wildman–Crippen MR) is 101 cm³/mol.